The Kier molecular flexibility index (Phi) is 3.91. The van der Waals surface area contributed by atoms with E-state index < -0.39 is 17.5 Å². The SMILES string of the molecule is COC(=O)c1cc(-c2ncccc2C(=O)OC)c(C2(N)CC2)s1. The van der Waals surface area contributed by atoms with Gasteiger partial charge in [0.05, 0.1) is 31.0 Å². The van der Waals surface area contributed by atoms with Crippen molar-refractivity contribution in [3.63, 3.8) is 0 Å². The molecule has 1 aliphatic rings. The molecule has 6 nitrogen and oxygen atoms in total. The molecule has 0 bridgehead atoms. The largest absolute Gasteiger partial charge is 0.465 e. The molecule has 2 aromatic rings. The maximum atomic E-state index is 12.0. The maximum absolute atomic E-state index is 12.0. The van der Waals surface area contributed by atoms with Gasteiger partial charge in [-0.25, -0.2) is 9.59 Å². The molecule has 0 amide bonds. The van der Waals surface area contributed by atoms with Crippen molar-refractivity contribution in [2.45, 2.75) is 18.4 Å². The highest BCUT2D eigenvalue weighted by molar-refractivity contribution is 7.14. The minimum Gasteiger partial charge on any atom is -0.465 e. The highest BCUT2D eigenvalue weighted by Crippen LogP contribution is 2.50. The first-order chi connectivity index (χ1) is 11.0. The van der Waals surface area contributed by atoms with Crippen LogP contribution in [0.4, 0.5) is 0 Å². The number of pyridine rings is 1. The Hall–Kier alpha value is -2.25. The van der Waals surface area contributed by atoms with Gasteiger partial charge >= 0.3 is 11.9 Å². The van der Waals surface area contributed by atoms with E-state index in [4.69, 9.17) is 15.2 Å². The lowest BCUT2D eigenvalue weighted by Gasteiger charge is -2.11. The number of esters is 2. The molecule has 2 aromatic heterocycles. The lowest BCUT2D eigenvalue weighted by atomic mass is 10.0. The Balaban J connectivity index is 2.18. The second-order valence-corrected chi connectivity index (χ2v) is 6.44. The molecule has 1 fully saturated rings. The fourth-order valence-corrected chi connectivity index (χ4v) is 3.63. The maximum Gasteiger partial charge on any atom is 0.348 e. The van der Waals surface area contributed by atoms with Crippen molar-refractivity contribution in [1.29, 1.82) is 0 Å². The van der Waals surface area contributed by atoms with Gasteiger partial charge in [-0.15, -0.1) is 11.3 Å². The summed E-state index contributed by atoms with van der Waals surface area (Å²) in [7, 11) is 2.65. The fraction of sp³-hybridized carbons (Fsp3) is 0.312. The molecule has 3 rings (SSSR count). The predicted molar refractivity (Wildman–Crippen MR) is 85.3 cm³/mol. The van der Waals surface area contributed by atoms with E-state index in [9.17, 15) is 9.59 Å². The number of nitrogens with zero attached hydrogens (tertiary/aromatic N) is 1. The smallest absolute Gasteiger partial charge is 0.348 e. The molecule has 120 valence electrons. The molecule has 0 unspecified atom stereocenters. The van der Waals surface area contributed by atoms with Crippen LogP contribution in [0, 0.1) is 0 Å². The highest BCUT2D eigenvalue weighted by Gasteiger charge is 2.44. The van der Waals surface area contributed by atoms with E-state index in [1.54, 1.807) is 24.4 Å². The molecule has 0 atom stereocenters. The average Bonchev–Trinajstić information content (AvgIpc) is 3.16. The van der Waals surface area contributed by atoms with Gasteiger partial charge in [-0.05, 0) is 31.0 Å². The van der Waals surface area contributed by atoms with Gasteiger partial charge in [0.2, 0.25) is 0 Å². The van der Waals surface area contributed by atoms with Gasteiger partial charge in [0.1, 0.15) is 4.88 Å². The van der Waals surface area contributed by atoms with Crippen molar-refractivity contribution < 1.29 is 19.1 Å². The average molecular weight is 332 g/mol. The minimum atomic E-state index is -0.480. The highest BCUT2D eigenvalue weighted by atomic mass is 32.1. The summed E-state index contributed by atoms with van der Waals surface area (Å²) in [5.74, 6) is -0.908. The Morgan fingerprint density at radius 1 is 1.26 bits per heavy atom. The van der Waals surface area contributed by atoms with Crippen molar-refractivity contribution in [3.05, 3.63) is 39.7 Å². The van der Waals surface area contributed by atoms with E-state index in [1.165, 1.54) is 25.6 Å². The van der Waals surface area contributed by atoms with Gasteiger partial charge in [0, 0.05) is 16.6 Å². The van der Waals surface area contributed by atoms with Crippen LogP contribution < -0.4 is 5.73 Å². The van der Waals surface area contributed by atoms with E-state index in [2.05, 4.69) is 4.98 Å². The lowest BCUT2D eigenvalue weighted by Crippen LogP contribution is -2.18. The van der Waals surface area contributed by atoms with Crippen LogP contribution in [-0.2, 0) is 15.0 Å². The molecule has 7 heteroatoms. The van der Waals surface area contributed by atoms with Gasteiger partial charge in [0.15, 0.2) is 0 Å². The lowest BCUT2D eigenvalue weighted by molar-refractivity contribution is 0.0595. The van der Waals surface area contributed by atoms with Crippen molar-refractivity contribution in [3.8, 4) is 11.3 Å². The van der Waals surface area contributed by atoms with Crippen LogP contribution in [0.15, 0.2) is 24.4 Å². The molecule has 0 saturated heterocycles. The van der Waals surface area contributed by atoms with Crippen LogP contribution in [0.5, 0.6) is 0 Å². The van der Waals surface area contributed by atoms with Crippen molar-refractivity contribution in [1.82, 2.24) is 4.98 Å². The summed E-state index contributed by atoms with van der Waals surface area (Å²) in [5, 5.41) is 0. The van der Waals surface area contributed by atoms with Crippen molar-refractivity contribution >= 4 is 23.3 Å². The standard InChI is InChI=1S/C16H16N2O4S/c1-21-14(19)9-4-3-7-18-12(9)10-8-11(15(20)22-2)23-13(10)16(17)5-6-16/h3-4,7-8H,5-6,17H2,1-2H3. The number of carbonyl (C=O) groups is 2. The van der Waals surface area contributed by atoms with E-state index in [-0.39, 0.29) is 0 Å². The number of hydrogen-bond donors (Lipinski definition) is 1. The van der Waals surface area contributed by atoms with E-state index >= 15 is 0 Å². The zero-order chi connectivity index (χ0) is 16.6. The van der Waals surface area contributed by atoms with E-state index in [1.807, 2.05) is 0 Å². The number of carbonyl (C=O) groups excluding carboxylic acids is 2. The summed E-state index contributed by atoms with van der Waals surface area (Å²) in [4.78, 5) is 29.5. The van der Waals surface area contributed by atoms with Crippen LogP contribution in [-0.4, -0.2) is 31.1 Å². The fourth-order valence-electron chi connectivity index (χ4n) is 2.39. The van der Waals surface area contributed by atoms with Crippen molar-refractivity contribution in [2.75, 3.05) is 14.2 Å². The number of thiophene rings is 1. The van der Waals surface area contributed by atoms with Gasteiger partial charge in [0.25, 0.3) is 0 Å². The molecule has 1 saturated carbocycles. The number of ether oxygens (including phenoxy) is 2. The van der Waals surface area contributed by atoms with Crippen LogP contribution in [0.2, 0.25) is 0 Å². The van der Waals surface area contributed by atoms with E-state index in [0.29, 0.717) is 21.7 Å². The van der Waals surface area contributed by atoms with Gasteiger partial charge < -0.3 is 15.2 Å². The summed E-state index contributed by atoms with van der Waals surface area (Å²) < 4.78 is 9.61. The van der Waals surface area contributed by atoms with Gasteiger partial charge in [-0.1, -0.05) is 0 Å². The first-order valence-corrected chi connectivity index (χ1v) is 7.87. The molecular formula is C16H16N2O4S. The zero-order valence-electron chi connectivity index (χ0n) is 12.8. The number of hydrogen-bond acceptors (Lipinski definition) is 7. The monoisotopic (exact) mass is 332 g/mol. The molecule has 0 aliphatic heterocycles. The van der Waals surface area contributed by atoms with Crippen LogP contribution in [0.25, 0.3) is 11.3 Å². The summed E-state index contributed by atoms with van der Waals surface area (Å²) in [6.07, 6.45) is 3.26. The van der Waals surface area contributed by atoms with E-state index in [0.717, 1.165) is 17.7 Å². The molecule has 23 heavy (non-hydrogen) atoms. The molecule has 0 aromatic carbocycles. The molecule has 0 spiro atoms. The molecule has 1 aliphatic carbocycles. The van der Waals surface area contributed by atoms with Gasteiger partial charge in [-0.2, -0.15) is 0 Å². The third-order valence-electron chi connectivity index (χ3n) is 3.83. The molecule has 2 N–H and O–H groups in total. The van der Waals surface area contributed by atoms with Crippen molar-refractivity contribution in [2.24, 2.45) is 5.73 Å². The second-order valence-electron chi connectivity index (χ2n) is 5.39. The number of rotatable bonds is 4. The summed E-state index contributed by atoms with van der Waals surface area (Å²) in [6, 6.07) is 5.00. The Morgan fingerprint density at radius 2 is 1.96 bits per heavy atom. The minimum absolute atomic E-state index is 0.342. The summed E-state index contributed by atoms with van der Waals surface area (Å²) in [5.41, 5.74) is 7.38. The number of aromatic nitrogens is 1. The topological polar surface area (TPSA) is 91.5 Å². The Labute approximate surface area is 137 Å². The third kappa shape index (κ3) is 2.73. The van der Waals surface area contributed by atoms with Gasteiger partial charge in [-0.3, -0.25) is 4.98 Å². The Bertz CT molecular complexity index is 780. The number of nitrogens with two attached hydrogens (primary N) is 1. The van der Waals surface area contributed by atoms with Crippen LogP contribution in [0.1, 0.15) is 37.7 Å². The quantitative estimate of drug-likeness (QED) is 0.864. The van der Waals surface area contributed by atoms with Crippen LogP contribution in [0.3, 0.4) is 0 Å². The second kappa shape index (κ2) is 5.75. The summed E-state index contributed by atoms with van der Waals surface area (Å²) >= 11 is 1.29. The molecule has 2 heterocycles. The first-order valence-electron chi connectivity index (χ1n) is 7.05. The zero-order valence-corrected chi connectivity index (χ0v) is 13.6. The number of methoxy groups -OCH3 is 2. The predicted octanol–water partition coefficient (Wildman–Crippen LogP) is 2.33. The molecule has 0 radical (unpaired) electrons. The molecular weight excluding hydrogens is 316 g/mol. The van der Waals surface area contributed by atoms with Crippen LogP contribution >= 0.6 is 11.3 Å². The normalized spacial score (nSPS) is 15.1. The third-order valence-corrected chi connectivity index (χ3v) is 5.16. The first kappa shape index (κ1) is 15.6. The summed E-state index contributed by atoms with van der Waals surface area (Å²) in [6.45, 7) is 0. The Morgan fingerprint density at radius 3 is 2.57 bits per heavy atom.